The summed E-state index contributed by atoms with van der Waals surface area (Å²) in [5.74, 6) is 0.499. The van der Waals surface area contributed by atoms with Gasteiger partial charge in [-0.05, 0) is 47.4 Å². The molecular weight excluding hydrogens is 268 g/mol. The lowest BCUT2D eigenvalue weighted by Gasteiger charge is -2.22. The van der Waals surface area contributed by atoms with Crippen LogP contribution < -0.4 is 5.32 Å². The minimum atomic E-state index is 0.281. The van der Waals surface area contributed by atoms with E-state index in [4.69, 9.17) is 4.74 Å². The van der Waals surface area contributed by atoms with Crippen molar-refractivity contribution in [3.8, 4) is 0 Å². The first-order valence-corrected chi connectivity index (χ1v) is 6.26. The topological polar surface area (TPSA) is 34.2 Å². The lowest BCUT2D eigenvalue weighted by Crippen LogP contribution is -2.25. The summed E-state index contributed by atoms with van der Waals surface area (Å²) in [6.07, 6.45) is 2.86. The third-order valence-electron chi connectivity index (χ3n) is 2.73. The molecule has 16 heavy (non-hydrogen) atoms. The van der Waals surface area contributed by atoms with Crippen LogP contribution in [0.1, 0.15) is 25.1 Å². The quantitative estimate of drug-likeness (QED) is 0.873. The van der Waals surface area contributed by atoms with Crippen LogP contribution in [0.25, 0.3) is 0 Å². The number of methoxy groups -OCH3 is 1. The van der Waals surface area contributed by atoms with Crippen LogP contribution >= 0.6 is 15.9 Å². The summed E-state index contributed by atoms with van der Waals surface area (Å²) in [6.45, 7) is 3.00. The average molecular weight is 287 g/mol. The Labute approximate surface area is 106 Å². The molecule has 0 aliphatic carbocycles. The number of rotatable bonds is 6. The van der Waals surface area contributed by atoms with Crippen LogP contribution in [0.4, 0.5) is 0 Å². The molecule has 0 saturated carbocycles. The van der Waals surface area contributed by atoms with E-state index >= 15 is 0 Å². The molecule has 0 aromatic carbocycles. The van der Waals surface area contributed by atoms with Gasteiger partial charge in [0, 0.05) is 24.4 Å². The van der Waals surface area contributed by atoms with Gasteiger partial charge in [0.2, 0.25) is 0 Å². The molecule has 1 heterocycles. The van der Waals surface area contributed by atoms with Crippen molar-refractivity contribution in [2.24, 2.45) is 5.92 Å². The van der Waals surface area contributed by atoms with Crippen LogP contribution in [0, 0.1) is 5.92 Å². The van der Waals surface area contributed by atoms with Crippen LogP contribution in [-0.2, 0) is 4.74 Å². The molecule has 1 N–H and O–H groups in total. The van der Waals surface area contributed by atoms with Crippen LogP contribution in [0.15, 0.2) is 22.8 Å². The maximum Gasteiger partial charge on any atom is 0.0576 e. The first-order valence-electron chi connectivity index (χ1n) is 5.46. The molecule has 1 aromatic heterocycles. The first-order chi connectivity index (χ1) is 7.69. The van der Waals surface area contributed by atoms with Crippen LogP contribution in [0.2, 0.25) is 0 Å². The van der Waals surface area contributed by atoms with Gasteiger partial charge < -0.3 is 10.1 Å². The predicted octanol–water partition coefficient (Wildman–Crippen LogP) is 2.78. The number of ether oxygens (including phenoxy) is 1. The van der Waals surface area contributed by atoms with Crippen molar-refractivity contribution >= 4 is 15.9 Å². The van der Waals surface area contributed by atoms with Gasteiger partial charge in [0.05, 0.1) is 11.7 Å². The van der Waals surface area contributed by atoms with Crippen LogP contribution in [-0.4, -0.2) is 25.7 Å². The molecule has 0 spiro atoms. The Bertz CT molecular complexity index is 302. The molecule has 0 radical (unpaired) electrons. The third-order valence-corrected chi connectivity index (χ3v) is 3.20. The van der Waals surface area contributed by atoms with Crippen molar-refractivity contribution in [1.29, 1.82) is 0 Å². The Morgan fingerprint density at radius 3 is 2.75 bits per heavy atom. The second kappa shape index (κ2) is 6.99. The number of nitrogens with zero attached hydrogens (tertiary/aromatic N) is 1. The standard InChI is InChI=1S/C12H19BrN2O/c1-9(6-7-16-3)12(14-2)11-5-4-10(13)8-15-11/h4-5,8-9,12,14H,6-7H2,1-3H3. The monoisotopic (exact) mass is 286 g/mol. The maximum absolute atomic E-state index is 5.11. The molecule has 2 atom stereocenters. The Hall–Kier alpha value is -0.450. The molecule has 1 rings (SSSR count). The molecule has 2 unspecified atom stereocenters. The van der Waals surface area contributed by atoms with Crippen molar-refractivity contribution in [3.63, 3.8) is 0 Å². The molecule has 0 amide bonds. The highest BCUT2D eigenvalue weighted by molar-refractivity contribution is 9.10. The first kappa shape index (κ1) is 13.6. The zero-order valence-electron chi connectivity index (χ0n) is 10.0. The van der Waals surface area contributed by atoms with E-state index in [0.29, 0.717) is 5.92 Å². The number of pyridine rings is 1. The molecule has 3 nitrogen and oxygen atoms in total. The summed E-state index contributed by atoms with van der Waals surface area (Å²) >= 11 is 3.39. The van der Waals surface area contributed by atoms with Gasteiger partial charge in [-0.25, -0.2) is 0 Å². The average Bonchev–Trinajstić information content (AvgIpc) is 2.30. The molecule has 4 heteroatoms. The van der Waals surface area contributed by atoms with Crippen molar-refractivity contribution in [2.75, 3.05) is 20.8 Å². The second-order valence-corrected chi connectivity index (χ2v) is 4.84. The van der Waals surface area contributed by atoms with E-state index < -0.39 is 0 Å². The van der Waals surface area contributed by atoms with Crippen molar-refractivity contribution < 1.29 is 4.74 Å². The number of aromatic nitrogens is 1. The molecule has 90 valence electrons. The SMILES string of the molecule is CNC(c1ccc(Br)cn1)C(C)CCOC. The van der Waals surface area contributed by atoms with E-state index in [-0.39, 0.29) is 6.04 Å². The number of halogens is 1. The zero-order valence-corrected chi connectivity index (χ0v) is 11.6. The number of hydrogen-bond acceptors (Lipinski definition) is 3. The highest BCUT2D eigenvalue weighted by Crippen LogP contribution is 2.23. The minimum absolute atomic E-state index is 0.281. The van der Waals surface area contributed by atoms with E-state index in [9.17, 15) is 0 Å². The fourth-order valence-corrected chi connectivity index (χ4v) is 2.00. The van der Waals surface area contributed by atoms with Gasteiger partial charge in [-0.15, -0.1) is 0 Å². The molecular formula is C12H19BrN2O. The fraction of sp³-hybridized carbons (Fsp3) is 0.583. The third kappa shape index (κ3) is 3.85. The zero-order chi connectivity index (χ0) is 12.0. The highest BCUT2D eigenvalue weighted by Gasteiger charge is 2.18. The van der Waals surface area contributed by atoms with Gasteiger partial charge in [-0.2, -0.15) is 0 Å². The van der Waals surface area contributed by atoms with E-state index in [1.807, 2.05) is 19.3 Å². The number of hydrogen-bond donors (Lipinski definition) is 1. The predicted molar refractivity (Wildman–Crippen MR) is 69.4 cm³/mol. The molecule has 0 aliphatic rings. The molecule has 0 aliphatic heterocycles. The number of nitrogens with one attached hydrogen (secondary N) is 1. The Morgan fingerprint density at radius 2 is 2.25 bits per heavy atom. The highest BCUT2D eigenvalue weighted by atomic mass is 79.9. The molecule has 0 bridgehead atoms. The Balaban J connectivity index is 2.69. The van der Waals surface area contributed by atoms with E-state index in [2.05, 4.69) is 39.2 Å². The van der Waals surface area contributed by atoms with Gasteiger partial charge in [-0.1, -0.05) is 6.92 Å². The van der Waals surface area contributed by atoms with Crippen LogP contribution in [0.3, 0.4) is 0 Å². The van der Waals surface area contributed by atoms with Crippen molar-refractivity contribution in [3.05, 3.63) is 28.5 Å². The van der Waals surface area contributed by atoms with E-state index in [0.717, 1.165) is 23.2 Å². The van der Waals surface area contributed by atoms with Crippen LogP contribution in [0.5, 0.6) is 0 Å². The fourth-order valence-electron chi connectivity index (χ4n) is 1.77. The van der Waals surface area contributed by atoms with Gasteiger partial charge in [0.25, 0.3) is 0 Å². The molecule has 0 saturated heterocycles. The molecule has 1 aromatic rings. The normalized spacial score (nSPS) is 14.8. The Morgan fingerprint density at radius 1 is 1.50 bits per heavy atom. The van der Waals surface area contributed by atoms with Crippen molar-refractivity contribution in [1.82, 2.24) is 10.3 Å². The maximum atomic E-state index is 5.11. The van der Waals surface area contributed by atoms with E-state index in [1.165, 1.54) is 0 Å². The lowest BCUT2D eigenvalue weighted by molar-refractivity contribution is 0.171. The van der Waals surface area contributed by atoms with Gasteiger partial charge >= 0.3 is 0 Å². The summed E-state index contributed by atoms with van der Waals surface area (Å²) in [6, 6.07) is 4.35. The molecule has 0 fully saturated rings. The summed E-state index contributed by atoms with van der Waals surface area (Å²) in [4.78, 5) is 4.43. The largest absolute Gasteiger partial charge is 0.385 e. The van der Waals surface area contributed by atoms with Gasteiger partial charge in [0.1, 0.15) is 0 Å². The summed E-state index contributed by atoms with van der Waals surface area (Å²) < 4.78 is 6.12. The Kier molecular flexibility index (Phi) is 5.95. The van der Waals surface area contributed by atoms with Gasteiger partial charge in [-0.3, -0.25) is 4.98 Å². The summed E-state index contributed by atoms with van der Waals surface area (Å²) in [7, 11) is 3.71. The smallest absolute Gasteiger partial charge is 0.0576 e. The van der Waals surface area contributed by atoms with E-state index in [1.54, 1.807) is 7.11 Å². The summed E-state index contributed by atoms with van der Waals surface area (Å²) in [5, 5.41) is 3.31. The van der Waals surface area contributed by atoms with Crippen molar-refractivity contribution in [2.45, 2.75) is 19.4 Å². The summed E-state index contributed by atoms with van der Waals surface area (Å²) in [5.41, 5.74) is 1.08. The second-order valence-electron chi connectivity index (χ2n) is 3.93. The minimum Gasteiger partial charge on any atom is -0.385 e. The lowest BCUT2D eigenvalue weighted by atomic mass is 9.95. The van der Waals surface area contributed by atoms with Gasteiger partial charge in [0.15, 0.2) is 0 Å².